The van der Waals surface area contributed by atoms with Gasteiger partial charge in [-0.25, -0.2) is 0 Å². The molecule has 1 atom stereocenters. The lowest BCUT2D eigenvalue weighted by Crippen LogP contribution is -2.50. The molecule has 0 radical (unpaired) electrons. The van der Waals surface area contributed by atoms with Crippen molar-refractivity contribution < 1.29 is 9.59 Å². The van der Waals surface area contributed by atoms with Gasteiger partial charge in [0.15, 0.2) is 0 Å². The van der Waals surface area contributed by atoms with E-state index in [-0.39, 0.29) is 6.04 Å². The fourth-order valence-electron chi connectivity index (χ4n) is 4.23. The van der Waals surface area contributed by atoms with Crippen molar-refractivity contribution in [3.8, 4) is 0 Å². The van der Waals surface area contributed by atoms with Crippen molar-refractivity contribution in [1.29, 1.82) is 0 Å². The number of pyridine rings is 1. The summed E-state index contributed by atoms with van der Waals surface area (Å²) in [5.74, 6) is -1.40. The minimum Gasteiger partial charge on any atom is -0.346 e. The van der Waals surface area contributed by atoms with Gasteiger partial charge in [0, 0.05) is 62.4 Å². The van der Waals surface area contributed by atoms with Gasteiger partial charge in [0.25, 0.3) is 0 Å². The van der Waals surface area contributed by atoms with E-state index in [1.54, 1.807) is 24.4 Å². The highest BCUT2D eigenvalue weighted by atomic mass is 35.5. The van der Waals surface area contributed by atoms with Crippen LogP contribution >= 0.6 is 11.6 Å². The van der Waals surface area contributed by atoms with Crippen molar-refractivity contribution in [2.24, 2.45) is 0 Å². The van der Waals surface area contributed by atoms with Gasteiger partial charge in [-0.2, -0.15) is 0 Å². The summed E-state index contributed by atoms with van der Waals surface area (Å²) in [6.07, 6.45) is 3.55. The van der Waals surface area contributed by atoms with Crippen LogP contribution in [0.25, 0.3) is 0 Å². The number of amides is 2. The number of aryl methyl sites for hydroxylation is 1. The number of nitrogens with zero attached hydrogens (tertiary/aromatic N) is 3. The van der Waals surface area contributed by atoms with Crippen LogP contribution in [0.15, 0.2) is 73.1 Å². The van der Waals surface area contributed by atoms with Crippen LogP contribution in [0.1, 0.15) is 22.7 Å². The SMILES string of the molecule is Cc1ccc(NC(=O)C(=O)NC[C@H](c2cccnc2)N2CCN(Cc3ccccc3)CC2)cc1Cl. The number of anilines is 1. The lowest BCUT2D eigenvalue weighted by atomic mass is 10.1. The van der Waals surface area contributed by atoms with E-state index < -0.39 is 11.8 Å². The average Bonchev–Trinajstić information content (AvgIpc) is 2.88. The van der Waals surface area contributed by atoms with Gasteiger partial charge in [0.1, 0.15) is 0 Å². The Bertz CT molecular complexity index is 1130. The Labute approximate surface area is 211 Å². The Hall–Kier alpha value is -3.26. The van der Waals surface area contributed by atoms with Crippen LogP contribution in [0.4, 0.5) is 5.69 Å². The normalized spacial score (nSPS) is 15.4. The molecule has 7 nitrogen and oxygen atoms in total. The minimum absolute atomic E-state index is 0.0758. The summed E-state index contributed by atoms with van der Waals surface area (Å²) in [5.41, 5.74) is 3.70. The third-order valence-corrected chi connectivity index (χ3v) is 6.66. The van der Waals surface area contributed by atoms with Crippen molar-refractivity contribution in [1.82, 2.24) is 20.1 Å². The predicted octanol–water partition coefficient (Wildman–Crippen LogP) is 3.66. The monoisotopic (exact) mass is 491 g/mol. The fourth-order valence-corrected chi connectivity index (χ4v) is 4.41. The smallest absolute Gasteiger partial charge is 0.313 e. The lowest BCUT2D eigenvalue weighted by molar-refractivity contribution is -0.136. The molecule has 2 amide bonds. The zero-order chi connectivity index (χ0) is 24.6. The topological polar surface area (TPSA) is 77.6 Å². The Kier molecular flexibility index (Phi) is 8.47. The molecule has 0 unspecified atom stereocenters. The first-order chi connectivity index (χ1) is 17.0. The molecule has 0 bridgehead atoms. The summed E-state index contributed by atoms with van der Waals surface area (Å²) in [6, 6.07) is 19.4. The molecule has 0 aliphatic carbocycles. The van der Waals surface area contributed by atoms with Gasteiger partial charge in [-0.1, -0.05) is 54.1 Å². The summed E-state index contributed by atoms with van der Waals surface area (Å²) in [7, 11) is 0. The molecule has 2 aromatic carbocycles. The van der Waals surface area contributed by atoms with E-state index in [0.717, 1.165) is 43.9 Å². The Morgan fingerprint density at radius 2 is 1.77 bits per heavy atom. The fraction of sp³-hybridized carbons (Fsp3) is 0.296. The molecule has 182 valence electrons. The largest absolute Gasteiger partial charge is 0.346 e. The van der Waals surface area contributed by atoms with E-state index in [1.807, 2.05) is 31.3 Å². The Morgan fingerprint density at radius 1 is 1.00 bits per heavy atom. The molecule has 0 spiro atoms. The maximum absolute atomic E-state index is 12.6. The molecule has 35 heavy (non-hydrogen) atoms. The molecule has 0 saturated carbocycles. The summed E-state index contributed by atoms with van der Waals surface area (Å²) < 4.78 is 0. The first kappa shape index (κ1) is 24.9. The highest BCUT2D eigenvalue weighted by Gasteiger charge is 2.26. The summed E-state index contributed by atoms with van der Waals surface area (Å²) >= 11 is 6.12. The molecule has 2 heterocycles. The van der Waals surface area contributed by atoms with Gasteiger partial charge < -0.3 is 10.6 Å². The molecule has 8 heteroatoms. The Balaban J connectivity index is 1.35. The van der Waals surface area contributed by atoms with Gasteiger partial charge in [-0.05, 0) is 41.8 Å². The van der Waals surface area contributed by atoms with Gasteiger partial charge in [-0.15, -0.1) is 0 Å². The predicted molar refractivity (Wildman–Crippen MR) is 138 cm³/mol. The summed E-state index contributed by atoms with van der Waals surface area (Å²) in [6.45, 7) is 6.67. The van der Waals surface area contributed by atoms with E-state index in [9.17, 15) is 9.59 Å². The highest BCUT2D eigenvalue weighted by Crippen LogP contribution is 2.22. The number of aromatic nitrogens is 1. The molecule has 1 saturated heterocycles. The van der Waals surface area contributed by atoms with Crippen LogP contribution in [0.2, 0.25) is 5.02 Å². The quantitative estimate of drug-likeness (QED) is 0.493. The number of hydrogen-bond donors (Lipinski definition) is 2. The molecule has 4 rings (SSSR count). The van der Waals surface area contributed by atoms with E-state index in [1.165, 1.54) is 5.56 Å². The molecule has 1 aliphatic rings. The number of piperazine rings is 1. The molecular weight excluding hydrogens is 462 g/mol. The van der Waals surface area contributed by atoms with Crippen molar-refractivity contribution >= 4 is 29.1 Å². The van der Waals surface area contributed by atoms with Crippen molar-refractivity contribution in [3.63, 3.8) is 0 Å². The zero-order valence-electron chi connectivity index (χ0n) is 19.8. The van der Waals surface area contributed by atoms with E-state index >= 15 is 0 Å². The second-order valence-corrected chi connectivity index (χ2v) is 9.14. The van der Waals surface area contributed by atoms with Gasteiger partial charge >= 0.3 is 11.8 Å². The van der Waals surface area contributed by atoms with Gasteiger partial charge in [-0.3, -0.25) is 24.4 Å². The average molecular weight is 492 g/mol. The van der Waals surface area contributed by atoms with Crippen LogP contribution in [-0.2, 0) is 16.1 Å². The van der Waals surface area contributed by atoms with Gasteiger partial charge in [0.2, 0.25) is 0 Å². The number of carbonyl (C=O) groups excluding carboxylic acids is 2. The van der Waals surface area contributed by atoms with Crippen LogP contribution < -0.4 is 10.6 Å². The lowest BCUT2D eigenvalue weighted by Gasteiger charge is -2.39. The second kappa shape index (κ2) is 11.9. The van der Waals surface area contributed by atoms with E-state index in [0.29, 0.717) is 17.3 Å². The number of rotatable bonds is 7. The van der Waals surface area contributed by atoms with Crippen molar-refractivity contribution in [2.75, 3.05) is 38.0 Å². The molecule has 1 aliphatic heterocycles. The molecule has 3 aromatic rings. The van der Waals surface area contributed by atoms with Crippen LogP contribution in [0.3, 0.4) is 0 Å². The number of carbonyl (C=O) groups is 2. The second-order valence-electron chi connectivity index (χ2n) is 8.73. The molecule has 1 aromatic heterocycles. The van der Waals surface area contributed by atoms with Crippen LogP contribution in [0.5, 0.6) is 0 Å². The third kappa shape index (κ3) is 6.88. The van der Waals surface area contributed by atoms with Crippen LogP contribution in [-0.4, -0.2) is 59.3 Å². The minimum atomic E-state index is -0.720. The van der Waals surface area contributed by atoms with Crippen molar-refractivity contribution in [2.45, 2.75) is 19.5 Å². The molecule has 2 N–H and O–H groups in total. The van der Waals surface area contributed by atoms with Crippen molar-refractivity contribution in [3.05, 3.63) is 94.8 Å². The number of halogens is 1. The molecule has 1 fully saturated rings. The summed E-state index contributed by atoms with van der Waals surface area (Å²) in [4.78, 5) is 34.1. The first-order valence-corrected chi connectivity index (χ1v) is 12.1. The number of hydrogen-bond acceptors (Lipinski definition) is 5. The maximum Gasteiger partial charge on any atom is 0.313 e. The number of nitrogens with one attached hydrogen (secondary N) is 2. The number of benzene rings is 2. The first-order valence-electron chi connectivity index (χ1n) is 11.7. The molecular formula is C27H30ClN5O2. The maximum atomic E-state index is 12.6. The van der Waals surface area contributed by atoms with E-state index in [4.69, 9.17) is 11.6 Å². The van der Waals surface area contributed by atoms with E-state index in [2.05, 4.69) is 49.7 Å². The van der Waals surface area contributed by atoms with Gasteiger partial charge in [0.05, 0.1) is 6.04 Å². The standard InChI is InChI=1S/C27H30ClN5O2/c1-20-9-10-23(16-24(20)28)31-27(35)26(34)30-18-25(22-8-5-11-29-17-22)33-14-12-32(13-15-33)19-21-6-3-2-4-7-21/h2-11,16-17,25H,12-15,18-19H2,1H3,(H,30,34)(H,31,35)/t25-/m1/s1. The Morgan fingerprint density at radius 3 is 2.46 bits per heavy atom. The van der Waals surface area contributed by atoms with Crippen LogP contribution in [0, 0.1) is 6.92 Å². The summed E-state index contributed by atoms with van der Waals surface area (Å²) in [5, 5.41) is 5.96. The highest BCUT2D eigenvalue weighted by molar-refractivity contribution is 6.39. The zero-order valence-corrected chi connectivity index (χ0v) is 20.5. The third-order valence-electron chi connectivity index (χ3n) is 6.26.